The summed E-state index contributed by atoms with van der Waals surface area (Å²) in [5, 5.41) is 17.7. The molecule has 0 aliphatic heterocycles. The smallest absolute Gasteiger partial charge is 0.329 e. The van der Waals surface area contributed by atoms with Gasteiger partial charge in [0.2, 0.25) is 5.91 Å². The highest BCUT2D eigenvalue weighted by Gasteiger charge is 2.26. The molecular weight excluding hydrogens is 336 g/mol. The van der Waals surface area contributed by atoms with Gasteiger partial charge in [0, 0.05) is 5.75 Å². The molecule has 1 amide bonds. The standard InChI is InChI=1S/C14H22N4O5S/c1-5-23-14(20)11(7-24)15-13(19)8(2)6-17-10(4)12(18(21)22)9(3)16-17/h8,11,24H,5-7H2,1-4H3,(H,15,19)/t8?,11-/m0/s1. The van der Waals surface area contributed by atoms with Crippen molar-refractivity contribution in [2.75, 3.05) is 12.4 Å². The number of amides is 1. The molecule has 0 aromatic carbocycles. The van der Waals surface area contributed by atoms with Crippen LogP contribution in [0.5, 0.6) is 0 Å². The van der Waals surface area contributed by atoms with E-state index in [1.165, 1.54) is 4.68 Å². The van der Waals surface area contributed by atoms with Crippen LogP contribution in [-0.2, 0) is 20.9 Å². The highest BCUT2D eigenvalue weighted by atomic mass is 32.1. The van der Waals surface area contributed by atoms with Crippen LogP contribution in [-0.4, -0.2) is 45.0 Å². The summed E-state index contributed by atoms with van der Waals surface area (Å²) in [7, 11) is 0. The molecule has 0 aliphatic rings. The van der Waals surface area contributed by atoms with Crippen molar-refractivity contribution in [1.29, 1.82) is 0 Å². The van der Waals surface area contributed by atoms with E-state index in [0.29, 0.717) is 11.4 Å². The van der Waals surface area contributed by atoms with Gasteiger partial charge in [0.25, 0.3) is 0 Å². The van der Waals surface area contributed by atoms with Gasteiger partial charge in [-0.15, -0.1) is 0 Å². The van der Waals surface area contributed by atoms with Crippen LogP contribution >= 0.6 is 12.6 Å². The second kappa shape index (κ2) is 8.67. The molecule has 1 N–H and O–H groups in total. The Bertz CT molecular complexity index is 631. The van der Waals surface area contributed by atoms with Crippen molar-refractivity contribution in [1.82, 2.24) is 15.1 Å². The predicted molar refractivity (Wildman–Crippen MR) is 89.9 cm³/mol. The summed E-state index contributed by atoms with van der Waals surface area (Å²) < 4.78 is 6.29. The number of nitrogens with one attached hydrogen (secondary N) is 1. The first kappa shape index (κ1) is 19.9. The number of nitro groups is 1. The first-order valence-corrected chi connectivity index (χ1v) is 8.12. The summed E-state index contributed by atoms with van der Waals surface area (Å²) in [6.45, 7) is 6.83. The Morgan fingerprint density at radius 3 is 2.54 bits per heavy atom. The summed E-state index contributed by atoms with van der Waals surface area (Å²) in [5.41, 5.74) is 0.625. The van der Waals surface area contributed by atoms with Crippen molar-refractivity contribution >= 4 is 30.2 Å². The number of carbonyl (C=O) groups is 2. The number of aryl methyl sites for hydroxylation is 1. The molecule has 0 fully saturated rings. The number of carbonyl (C=O) groups excluding carboxylic acids is 2. The Hall–Kier alpha value is -2.10. The number of nitrogens with zero attached hydrogens (tertiary/aromatic N) is 3. The van der Waals surface area contributed by atoms with Gasteiger partial charge in [-0.05, 0) is 20.8 Å². The maximum atomic E-state index is 12.2. The second-order valence-electron chi connectivity index (χ2n) is 5.36. The summed E-state index contributed by atoms with van der Waals surface area (Å²) >= 11 is 4.04. The molecule has 0 saturated carbocycles. The Labute approximate surface area is 145 Å². The van der Waals surface area contributed by atoms with Crippen molar-refractivity contribution in [2.45, 2.75) is 40.3 Å². The lowest BCUT2D eigenvalue weighted by molar-refractivity contribution is -0.386. The molecule has 10 heteroatoms. The minimum absolute atomic E-state index is 0.0534. The molecule has 0 aliphatic carbocycles. The molecule has 134 valence electrons. The average Bonchev–Trinajstić information content (AvgIpc) is 2.78. The van der Waals surface area contributed by atoms with E-state index in [2.05, 4.69) is 23.0 Å². The van der Waals surface area contributed by atoms with Crippen LogP contribution in [0.4, 0.5) is 5.69 Å². The van der Waals surface area contributed by atoms with E-state index >= 15 is 0 Å². The van der Waals surface area contributed by atoms with Gasteiger partial charge < -0.3 is 10.1 Å². The molecule has 0 radical (unpaired) electrons. The Balaban J connectivity index is 2.79. The molecule has 0 spiro atoms. The topological polar surface area (TPSA) is 116 Å². The summed E-state index contributed by atoms with van der Waals surface area (Å²) in [4.78, 5) is 34.4. The van der Waals surface area contributed by atoms with E-state index in [-0.39, 0.29) is 30.5 Å². The zero-order valence-corrected chi connectivity index (χ0v) is 15.0. The molecule has 1 heterocycles. The largest absolute Gasteiger partial charge is 0.464 e. The fourth-order valence-corrected chi connectivity index (χ4v) is 2.45. The van der Waals surface area contributed by atoms with Crippen molar-refractivity contribution in [3.8, 4) is 0 Å². The number of hydrogen-bond donors (Lipinski definition) is 2. The zero-order chi connectivity index (χ0) is 18.4. The number of thiol groups is 1. The molecule has 9 nitrogen and oxygen atoms in total. The fourth-order valence-electron chi connectivity index (χ4n) is 2.21. The minimum Gasteiger partial charge on any atom is -0.464 e. The van der Waals surface area contributed by atoms with Crippen molar-refractivity contribution in [2.24, 2.45) is 5.92 Å². The lowest BCUT2D eigenvalue weighted by atomic mass is 10.1. The van der Waals surface area contributed by atoms with Gasteiger partial charge in [-0.3, -0.25) is 19.6 Å². The Kier molecular flexibility index (Phi) is 7.20. The lowest BCUT2D eigenvalue weighted by Crippen LogP contribution is -2.46. The average molecular weight is 358 g/mol. The highest BCUT2D eigenvalue weighted by molar-refractivity contribution is 7.80. The fraction of sp³-hybridized carbons (Fsp3) is 0.643. The lowest BCUT2D eigenvalue weighted by Gasteiger charge is -2.18. The van der Waals surface area contributed by atoms with Gasteiger partial charge in [-0.2, -0.15) is 17.7 Å². The highest BCUT2D eigenvalue weighted by Crippen LogP contribution is 2.22. The number of esters is 1. The van der Waals surface area contributed by atoms with Gasteiger partial charge >= 0.3 is 11.7 Å². The maximum Gasteiger partial charge on any atom is 0.329 e. The van der Waals surface area contributed by atoms with Gasteiger partial charge in [0.1, 0.15) is 17.4 Å². The molecule has 1 aromatic heterocycles. The minimum atomic E-state index is -0.835. The van der Waals surface area contributed by atoms with Gasteiger partial charge in [-0.1, -0.05) is 6.92 Å². The summed E-state index contributed by atoms with van der Waals surface area (Å²) in [6.07, 6.45) is 0. The first-order chi connectivity index (χ1) is 11.2. The molecule has 1 rings (SSSR count). The zero-order valence-electron chi connectivity index (χ0n) is 14.1. The molecule has 2 atom stereocenters. The maximum absolute atomic E-state index is 12.2. The van der Waals surface area contributed by atoms with Crippen LogP contribution in [0.2, 0.25) is 0 Å². The molecule has 0 bridgehead atoms. The first-order valence-electron chi connectivity index (χ1n) is 7.49. The van der Waals surface area contributed by atoms with E-state index in [4.69, 9.17) is 4.74 Å². The van der Waals surface area contributed by atoms with Crippen LogP contribution in [0, 0.1) is 29.9 Å². The van der Waals surface area contributed by atoms with Crippen molar-refractivity contribution < 1.29 is 19.2 Å². The van der Waals surface area contributed by atoms with E-state index in [9.17, 15) is 19.7 Å². The van der Waals surface area contributed by atoms with Gasteiger partial charge in [0.05, 0.1) is 24.0 Å². The summed E-state index contributed by atoms with van der Waals surface area (Å²) in [6, 6.07) is -0.835. The predicted octanol–water partition coefficient (Wildman–Crippen LogP) is 1.02. The van der Waals surface area contributed by atoms with E-state index in [1.54, 1.807) is 27.7 Å². The van der Waals surface area contributed by atoms with E-state index in [0.717, 1.165) is 0 Å². The van der Waals surface area contributed by atoms with Gasteiger partial charge in [0.15, 0.2) is 0 Å². The van der Waals surface area contributed by atoms with E-state index in [1.807, 2.05) is 0 Å². The third-order valence-electron chi connectivity index (χ3n) is 3.49. The van der Waals surface area contributed by atoms with E-state index < -0.39 is 22.9 Å². The molecule has 1 unspecified atom stereocenters. The van der Waals surface area contributed by atoms with Crippen LogP contribution in [0.3, 0.4) is 0 Å². The number of rotatable bonds is 8. The SMILES string of the molecule is CCOC(=O)[C@H](CS)NC(=O)C(C)Cn1nc(C)c([N+](=O)[O-])c1C. The summed E-state index contributed by atoms with van der Waals surface area (Å²) in [5.74, 6) is -1.35. The number of hydrogen-bond acceptors (Lipinski definition) is 7. The molecule has 24 heavy (non-hydrogen) atoms. The van der Waals surface area contributed by atoms with Crippen molar-refractivity contribution in [3.05, 3.63) is 21.5 Å². The number of aromatic nitrogens is 2. The second-order valence-corrected chi connectivity index (χ2v) is 5.72. The normalized spacial score (nSPS) is 13.2. The van der Waals surface area contributed by atoms with Crippen molar-refractivity contribution in [3.63, 3.8) is 0 Å². The van der Waals surface area contributed by atoms with Gasteiger partial charge in [-0.25, -0.2) is 4.79 Å². The Morgan fingerprint density at radius 2 is 2.08 bits per heavy atom. The van der Waals surface area contributed by atoms with Crippen LogP contribution in [0.1, 0.15) is 25.2 Å². The van der Waals surface area contributed by atoms with Crippen LogP contribution in [0.15, 0.2) is 0 Å². The monoisotopic (exact) mass is 358 g/mol. The third kappa shape index (κ3) is 4.70. The van der Waals surface area contributed by atoms with Crippen LogP contribution in [0.25, 0.3) is 0 Å². The molecule has 0 saturated heterocycles. The van der Waals surface area contributed by atoms with Crippen LogP contribution < -0.4 is 5.32 Å². The quantitative estimate of drug-likeness (QED) is 0.310. The number of ether oxygens (including phenoxy) is 1. The molecule has 1 aromatic rings. The molecular formula is C14H22N4O5S. The Morgan fingerprint density at radius 1 is 1.46 bits per heavy atom. The third-order valence-corrected chi connectivity index (χ3v) is 3.86.